The lowest BCUT2D eigenvalue weighted by atomic mass is 10.2. The fraction of sp³-hybridized carbons (Fsp3) is 0.400. The van der Waals surface area contributed by atoms with Gasteiger partial charge in [0.2, 0.25) is 0 Å². The van der Waals surface area contributed by atoms with Crippen molar-refractivity contribution in [3.05, 3.63) is 40.1 Å². The highest BCUT2D eigenvalue weighted by atomic mass is 32.1. The number of hydrogen-bond acceptors (Lipinski definition) is 3. The van der Waals surface area contributed by atoms with Crippen LogP contribution >= 0.6 is 11.3 Å². The number of thiophene rings is 1. The minimum absolute atomic E-state index is 0.122. The van der Waals surface area contributed by atoms with Crippen molar-refractivity contribution in [2.24, 2.45) is 0 Å². The van der Waals surface area contributed by atoms with Gasteiger partial charge in [-0.3, -0.25) is 0 Å². The summed E-state index contributed by atoms with van der Waals surface area (Å²) in [5.41, 5.74) is 1.03. The van der Waals surface area contributed by atoms with Gasteiger partial charge in [0.05, 0.1) is 13.2 Å². The van der Waals surface area contributed by atoms with Crippen molar-refractivity contribution in [1.82, 2.24) is 9.55 Å². The van der Waals surface area contributed by atoms with Gasteiger partial charge in [-0.05, 0) is 6.07 Å². The minimum atomic E-state index is 0.122. The second-order valence-electron chi connectivity index (χ2n) is 4.65. The number of nitrogens with zero attached hydrogens (tertiary/aromatic N) is 2. The standard InChI is InChI=1S/C15H18N2OS/c1-12(2)15-16-6-7-17(15)10-14-9-13(11-19-14)5-3-4-8-18/h6-7,9,11-12,18H,4,8,10H2,1-2H3. The van der Waals surface area contributed by atoms with Gasteiger partial charge in [-0.1, -0.05) is 25.7 Å². The van der Waals surface area contributed by atoms with E-state index in [1.807, 2.05) is 12.4 Å². The van der Waals surface area contributed by atoms with Crippen molar-refractivity contribution in [3.8, 4) is 11.8 Å². The van der Waals surface area contributed by atoms with Crippen LogP contribution in [-0.2, 0) is 6.54 Å². The molecule has 0 aliphatic carbocycles. The molecule has 2 aromatic rings. The van der Waals surface area contributed by atoms with Gasteiger partial charge in [0.25, 0.3) is 0 Å². The van der Waals surface area contributed by atoms with Crippen LogP contribution in [0.15, 0.2) is 23.8 Å². The van der Waals surface area contributed by atoms with Crippen LogP contribution in [0.2, 0.25) is 0 Å². The predicted octanol–water partition coefficient (Wildman–Crippen LogP) is 2.85. The highest BCUT2D eigenvalue weighted by Gasteiger charge is 2.08. The van der Waals surface area contributed by atoms with Gasteiger partial charge in [-0.25, -0.2) is 4.98 Å². The van der Waals surface area contributed by atoms with Crippen molar-refractivity contribution in [3.63, 3.8) is 0 Å². The van der Waals surface area contributed by atoms with Gasteiger partial charge in [-0.2, -0.15) is 0 Å². The Hall–Kier alpha value is -1.57. The molecule has 0 aromatic carbocycles. The lowest BCUT2D eigenvalue weighted by Crippen LogP contribution is -2.04. The first-order valence-electron chi connectivity index (χ1n) is 6.39. The molecule has 100 valence electrons. The highest BCUT2D eigenvalue weighted by Crippen LogP contribution is 2.18. The third-order valence-electron chi connectivity index (χ3n) is 2.71. The predicted molar refractivity (Wildman–Crippen MR) is 78.3 cm³/mol. The lowest BCUT2D eigenvalue weighted by molar-refractivity contribution is 0.305. The molecule has 0 saturated heterocycles. The van der Waals surface area contributed by atoms with Gasteiger partial charge in [-0.15, -0.1) is 11.3 Å². The first-order chi connectivity index (χ1) is 9.20. The molecule has 0 unspecified atom stereocenters. The number of aliphatic hydroxyl groups is 1. The summed E-state index contributed by atoms with van der Waals surface area (Å²) in [6.07, 6.45) is 4.40. The van der Waals surface area contributed by atoms with E-state index in [-0.39, 0.29) is 6.61 Å². The van der Waals surface area contributed by atoms with Crippen molar-refractivity contribution in [1.29, 1.82) is 0 Å². The van der Waals surface area contributed by atoms with Crippen molar-refractivity contribution in [2.75, 3.05) is 6.61 Å². The van der Waals surface area contributed by atoms with Gasteiger partial charge in [0.15, 0.2) is 0 Å². The Morgan fingerprint density at radius 3 is 3.05 bits per heavy atom. The van der Waals surface area contributed by atoms with Crippen LogP contribution in [0.5, 0.6) is 0 Å². The lowest BCUT2D eigenvalue weighted by Gasteiger charge is -2.08. The molecule has 0 aliphatic rings. The van der Waals surface area contributed by atoms with E-state index in [4.69, 9.17) is 5.11 Å². The maximum atomic E-state index is 8.69. The van der Waals surface area contributed by atoms with E-state index in [0.717, 1.165) is 17.9 Å². The molecule has 2 heterocycles. The number of rotatable bonds is 4. The first-order valence-corrected chi connectivity index (χ1v) is 7.27. The maximum absolute atomic E-state index is 8.69. The Balaban J connectivity index is 2.08. The summed E-state index contributed by atoms with van der Waals surface area (Å²) in [6, 6.07) is 2.11. The van der Waals surface area contributed by atoms with Gasteiger partial charge < -0.3 is 9.67 Å². The second kappa shape index (κ2) is 6.55. The molecule has 3 nitrogen and oxygen atoms in total. The highest BCUT2D eigenvalue weighted by molar-refractivity contribution is 7.10. The Bertz CT molecular complexity index is 587. The molecule has 0 bridgehead atoms. The molecule has 0 saturated carbocycles. The van der Waals surface area contributed by atoms with Gasteiger partial charge in [0.1, 0.15) is 5.82 Å². The van der Waals surface area contributed by atoms with Gasteiger partial charge in [0, 0.05) is 40.6 Å². The van der Waals surface area contributed by atoms with E-state index < -0.39 is 0 Å². The van der Waals surface area contributed by atoms with Crippen molar-refractivity contribution in [2.45, 2.75) is 32.7 Å². The molecule has 1 N–H and O–H groups in total. The second-order valence-corrected chi connectivity index (χ2v) is 5.64. The normalized spacial score (nSPS) is 10.5. The SMILES string of the molecule is CC(C)c1nccn1Cc1cc(C#CCCO)cs1. The fourth-order valence-electron chi connectivity index (χ4n) is 1.87. The maximum Gasteiger partial charge on any atom is 0.111 e. The molecule has 19 heavy (non-hydrogen) atoms. The van der Waals surface area contributed by atoms with Crippen LogP contribution < -0.4 is 0 Å². The molecule has 0 radical (unpaired) electrons. The molecule has 0 spiro atoms. The Kier molecular flexibility index (Phi) is 4.78. The molecule has 2 aromatic heterocycles. The average molecular weight is 274 g/mol. The van der Waals surface area contributed by atoms with E-state index in [9.17, 15) is 0 Å². The molecule has 0 aliphatic heterocycles. The molecule has 0 fully saturated rings. The number of aromatic nitrogens is 2. The summed E-state index contributed by atoms with van der Waals surface area (Å²) in [6.45, 7) is 5.27. The quantitative estimate of drug-likeness (QED) is 0.871. The third kappa shape index (κ3) is 3.69. The number of hydrogen-bond donors (Lipinski definition) is 1. The fourth-order valence-corrected chi connectivity index (χ4v) is 2.69. The summed E-state index contributed by atoms with van der Waals surface area (Å²) in [5, 5.41) is 10.8. The van der Waals surface area contributed by atoms with E-state index in [0.29, 0.717) is 12.3 Å². The van der Waals surface area contributed by atoms with Crippen LogP contribution in [-0.4, -0.2) is 21.3 Å². The molecule has 2 rings (SSSR count). The summed E-state index contributed by atoms with van der Waals surface area (Å²) in [5.74, 6) is 7.54. The number of imidazole rings is 1. The Morgan fingerprint density at radius 2 is 2.32 bits per heavy atom. The molecule has 0 amide bonds. The molecular weight excluding hydrogens is 256 g/mol. The smallest absolute Gasteiger partial charge is 0.111 e. The zero-order valence-corrected chi connectivity index (χ0v) is 12.1. The largest absolute Gasteiger partial charge is 0.395 e. The Labute approximate surface area is 117 Å². The summed E-state index contributed by atoms with van der Waals surface area (Å²) in [4.78, 5) is 5.66. The van der Waals surface area contributed by atoms with E-state index >= 15 is 0 Å². The van der Waals surface area contributed by atoms with Gasteiger partial charge >= 0.3 is 0 Å². The van der Waals surface area contributed by atoms with Crippen molar-refractivity contribution >= 4 is 11.3 Å². The van der Waals surface area contributed by atoms with E-state index in [1.165, 1.54) is 4.88 Å². The van der Waals surface area contributed by atoms with E-state index in [2.05, 4.69) is 46.7 Å². The van der Waals surface area contributed by atoms with Crippen molar-refractivity contribution < 1.29 is 5.11 Å². The molecular formula is C15H18N2OS. The molecule has 0 atom stereocenters. The summed E-state index contributed by atoms with van der Waals surface area (Å²) >= 11 is 1.71. The average Bonchev–Trinajstić information content (AvgIpc) is 2.99. The topological polar surface area (TPSA) is 38.0 Å². The monoisotopic (exact) mass is 274 g/mol. The zero-order chi connectivity index (χ0) is 13.7. The molecule has 4 heteroatoms. The minimum Gasteiger partial charge on any atom is -0.395 e. The number of aliphatic hydroxyl groups excluding tert-OH is 1. The van der Waals surface area contributed by atoms with Crippen LogP contribution in [0, 0.1) is 11.8 Å². The van der Waals surface area contributed by atoms with Crippen LogP contribution in [0.25, 0.3) is 0 Å². The van der Waals surface area contributed by atoms with Crippen LogP contribution in [0.1, 0.15) is 42.5 Å². The first kappa shape index (κ1) is 13.9. The summed E-state index contributed by atoms with van der Waals surface area (Å²) in [7, 11) is 0. The third-order valence-corrected chi connectivity index (χ3v) is 3.64. The van der Waals surface area contributed by atoms with E-state index in [1.54, 1.807) is 11.3 Å². The Morgan fingerprint density at radius 1 is 1.47 bits per heavy atom. The van der Waals surface area contributed by atoms with Crippen LogP contribution in [0.3, 0.4) is 0 Å². The summed E-state index contributed by atoms with van der Waals surface area (Å²) < 4.78 is 2.18. The van der Waals surface area contributed by atoms with Crippen LogP contribution in [0.4, 0.5) is 0 Å². The zero-order valence-electron chi connectivity index (χ0n) is 11.3.